The van der Waals surface area contributed by atoms with Crippen molar-refractivity contribution in [2.45, 2.75) is 19.4 Å². The summed E-state index contributed by atoms with van der Waals surface area (Å²) in [5.74, 6) is 0.910. The van der Waals surface area contributed by atoms with E-state index in [0.29, 0.717) is 0 Å². The monoisotopic (exact) mass is 198 g/mol. The molecule has 0 fully saturated rings. The Bertz CT molecular complexity index is 226. The molecule has 1 rings (SSSR count). The van der Waals surface area contributed by atoms with E-state index < -0.39 is 5.60 Å². The van der Waals surface area contributed by atoms with Gasteiger partial charge in [-0.1, -0.05) is 18.2 Å². The molecule has 0 saturated heterocycles. The fourth-order valence-electron chi connectivity index (χ4n) is 0.557. The number of hydrogen-bond donors (Lipinski definition) is 2. The number of aliphatic hydroxyl groups excluding tert-OH is 1. The average Bonchev–Trinajstić information content (AvgIpc) is 2.19. The van der Waals surface area contributed by atoms with Crippen LogP contribution in [0.15, 0.2) is 30.3 Å². The van der Waals surface area contributed by atoms with Crippen LogP contribution < -0.4 is 4.74 Å². The van der Waals surface area contributed by atoms with Crippen LogP contribution >= 0.6 is 0 Å². The van der Waals surface area contributed by atoms with Gasteiger partial charge in [0.05, 0.1) is 19.3 Å². The van der Waals surface area contributed by atoms with Crippen LogP contribution in [0.2, 0.25) is 0 Å². The van der Waals surface area contributed by atoms with E-state index in [9.17, 15) is 0 Å². The first-order chi connectivity index (χ1) is 6.49. The predicted molar refractivity (Wildman–Crippen MR) is 56.4 cm³/mol. The molecule has 0 heterocycles. The van der Waals surface area contributed by atoms with E-state index in [1.165, 1.54) is 0 Å². The number of hydrogen-bond acceptors (Lipinski definition) is 3. The van der Waals surface area contributed by atoms with Crippen LogP contribution in [-0.2, 0) is 0 Å². The maximum atomic E-state index is 8.58. The van der Waals surface area contributed by atoms with Gasteiger partial charge in [0.1, 0.15) is 5.75 Å². The highest BCUT2D eigenvalue weighted by Gasteiger charge is 2.07. The smallest absolute Gasteiger partial charge is 0.118 e. The standard InChI is InChI=1S/C7H8O.C4H10O2/c1-8-7-5-3-2-4-6-7;1-4(2,6)3-5/h2-6H,1H3;5-6H,3H2,1-2H3. The minimum absolute atomic E-state index is 0.174. The number of para-hydroxylation sites is 1. The largest absolute Gasteiger partial charge is 0.497 e. The second-order valence-corrected chi connectivity index (χ2v) is 3.49. The molecule has 0 atom stereocenters. The molecule has 0 unspecified atom stereocenters. The zero-order valence-corrected chi connectivity index (χ0v) is 8.90. The van der Waals surface area contributed by atoms with E-state index in [2.05, 4.69) is 0 Å². The highest BCUT2D eigenvalue weighted by Crippen LogP contribution is 2.05. The van der Waals surface area contributed by atoms with Crippen LogP contribution in [0.25, 0.3) is 0 Å². The molecular formula is C11H18O3. The maximum absolute atomic E-state index is 8.58. The minimum atomic E-state index is -0.903. The van der Waals surface area contributed by atoms with Crippen LogP contribution in [0.1, 0.15) is 13.8 Å². The Balaban J connectivity index is 0.000000255. The highest BCUT2D eigenvalue weighted by molar-refractivity contribution is 5.20. The number of ether oxygens (including phenoxy) is 1. The third-order valence-corrected chi connectivity index (χ3v) is 1.37. The van der Waals surface area contributed by atoms with Crippen LogP contribution in [0.3, 0.4) is 0 Å². The Morgan fingerprint density at radius 1 is 1.21 bits per heavy atom. The van der Waals surface area contributed by atoms with Gasteiger partial charge in [0.2, 0.25) is 0 Å². The van der Waals surface area contributed by atoms with Crippen molar-refractivity contribution >= 4 is 0 Å². The first-order valence-corrected chi connectivity index (χ1v) is 4.42. The van der Waals surface area contributed by atoms with Gasteiger partial charge in [-0.05, 0) is 26.0 Å². The summed E-state index contributed by atoms with van der Waals surface area (Å²) in [5.41, 5.74) is -0.903. The van der Waals surface area contributed by atoms with Crippen molar-refractivity contribution in [2.75, 3.05) is 13.7 Å². The minimum Gasteiger partial charge on any atom is -0.497 e. The molecule has 0 spiro atoms. The topological polar surface area (TPSA) is 49.7 Å². The van der Waals surface area contributed by atoms with E-state index in [4.69, 9.17) is 14.9 Å². The van der Waals surface area contributed by atoms with E-state index in [0.717, 1.165) is 5.75 Å². The Morgan fingerprint density at radius 2 is 1.64 bits per heavy atom. The molecule has 1 aromatic rings. The zero-order chi connectivity index (χ0) is 11.0. The Hall–Kier alpha value is -1.06. The molecule has 0 aliphatic heterocycles. The molecule has 1 aromatic carbocycles. The van der Waals surface area contributed by atoms with Crippen LogP contribution in [0.5, 0.6) is 5.75 Å². The third-order valence-electron chi connectivity index (χ3n) is 1.37. The quantitative estimate of drug-likeness (QED) is 0.756. The molecule has 0 aromatic heterocycles. The summed E-state index contributed by atoms with van der Waals surface area (Å²) in [5, 5.41) is 16.7. The van der Waals surface area contributed by atoms with Gasteiger partial charge in [-0.15, -0.1) is 0 Å². The van der Waals surface area contributed by atoms with E-state index in [1.807, 2.05) is 30.3 Å². The Morgan fingerprint density at radius 3 is 1.86 bits per heavy atom. The average molecular weight is 198 g/mol. The van der Waals surface area contributed by atoms with Crippen molar-refractivity contribution in [1.82, 2.24) is 0 Å². The summed E-state index contributed by atoms with van der Waals surface area (Å²) in [4.78, 5) is 0. The van der Waals surface area contributed by atoms with E-state index >= 15 is 0 Å². The summed E-state index contributed by atoms with van der Waals surface area (Å²) in [6.07, 6.45) is 0. The van der Waals surface area contributed by atoms with E-state index in [-0.39, 0.29) is 6.61 Å². The molecule has 3 heteroatoms. The van der Waals surface area contributed by atoms with Gasteiger partial charge in [0.25, 0.3) is 0 Å². The lowest BCUT2D eigenvalue weighted by atomic mass is 10.2. The fourth-order valence-corrected chi connectivity index (χ4v) is 0.557. The molecule has 0 aliphatic carbocycles. The summed E-state index contributed by atoms with van der Waals surface area (Å²) in [6, 6.07) is 9.68. The summed E-state index contributed by atoms with van der Waals surface area (Å²) in [6.45, 7) is 2.92. The molecular weight excluding hydrogens is 180 g/mol. The summed E-state index contributed by atoms with van der Waals surface area (Å²) >= 11 is 0. The normalized spacial score (nSPS) is 10.1. The molecule has 0 bridgehead atoms. The van der Waals surface area contributed by atoms with Crippen molar-refractivity contribution in [3.8, 4) is 5.75 Å². The van der Waals surface area contributed by atoms with Crippen molar-refractivity contribution in [3.05, 3.63) is 30.3 Å². The first-order valence-electron chi connectivity index (χ1n) is 4.42. The first kappa shape index (κ1) is 12.9. The second kappa shape index (κ2) is 6.40. The fraction of sp³-hybridized carbons (Fsp3) is 0.455. The van der Waals surface area contributed by atoms with Crippen molar-refractivity contribution in [1.29, 1.82) is 0 Å². The van der Waals surface area contributed by atoms with Crippen molar-refractivity contribution < 1.29 is 14.9 Å². The third kappa shape index (κ3) is 7.58. The van der Waals surface area contributed by atoms with Gasteiger partial charge < -0.3 is 14.9 Å². The Kier molecular flexibility index (Phi) is 5.92. The predicted octanol–water partition coefficient (Wildman–Crippen LogP) is 1.44. The van der Waals surface area contributed by atoms with Gasteiger partial charge in [-0.3, -0.25) is 0 Å². The van der Waals surface area contributed by atoms with Crippen molar-refractivity contribution in [2.24, 2.45) is 0 Å². The molecule has 0 saturated carbocycles. The van der Waals surface area contributed by atoms with Crippen LogP contribution in [0.4, 0.5) is 0 Å². The van der Waals surface area contributed by atoms with Crippen molar-refractivity contribution in [3.63, 3.8) is 0 Å². The molecule has 80 valence electrons. The lowest BCUT2D eigenvalue weighted by Crippen LogP contribution is -2.23. The van der Waals surface area contributed by atoms with E-state index in [1.54, 1.807) is 21.0 Å². The lowest BCUT2D eigenvalue weighted by molar-refractivity contribution is 0.0183. The SMILES string of the molecule is CC(C)(O)CO.COc1ccccc1. The number of benzene rings is 1. The molecule has 0 radical (unpaired) electrons. The molecule has 14 heavy (non-hydrogen) atoms. The number of rotatable bonds is 2. The molecule has 0 aliphatic rings. The molecule has 3 nitrogen and oxygen atoms in total. The van der Waals surface area contributed by atoms with Gasteiger partial charge in [-0.2, -0.15) is 0 Å². The number of aliphatic hydroxyl groups is 2. The summed E-state index contributed by atoms with van der Waals surface area (Å²) in [7, 11) is 1.66. The van der Waals surface area contributed by atoms with Gasteiger partial charge >= 0.3 is 0 Å². The zero-order valence-electron chi connectivity index (χ0n) is 8.90. The number of methoxy groups -OCH3 is 1. The van der Waals surface area contributed by atoms with Crippen LogP contribution in [0, 0.1) is 0 Å². The molecule has 2 N–H and O–H groups in total. The van der Waals surface area contributed by atoms with Crippen LogP contribution in [-0.4, -0.2) is 29.5 Å². The Labute approximate surface area is 85.0 Å². The lowest BCUT2D eigenvalue weighted by Gasteiger charge is -2.10. The summed E-state index contributed by atoms with van der Waals surface area (Å²) < 4.78 is 4.91. The molecule has 0 amide bonds. The highest BCUT2D eigenvalue weighted by atomic mass is 16.5. The second-order valence-electron chi connectivity index (χ2n) is 3.49. The van der Waals surface area contributed by atoms with Gasteiger partial charge in [0, 0.05) is 0 Å². The van der Waals surface area contributed by atoms with Gasteiger partial charge in [0.15, 0.2) is 0 Å². The maximum Gasteiger partial charge on any atom is 0.118 e. The van der Waals surface area contributed by atoms with Gasteiger partial charge in [-0.25, -0.2) is 0 Å².